The largest absolute Gasteiger partial charge is 0.508 e. The summed E-state index contributed by atoms with van der Waals surface area (Å²) >= 11 is 0. The highest BCUT2D eigenvalue weighted by atomic mass is 16.3. The molecule has 3 heterocycles. The van der Waals surface area contributed by atoms with Crippen LogP contribution < -0.4 is 10.6 Å². The highest BCUT2D eigenvalue weighted by Crippen LogP contribution is 2.25. The van der Waals surface area contributed by atoms with Crippen LogP contribution in [-0.2, 0) is 33.8 Å². The maximum Gasteiger partial charge on any atom is 0.246 e. The van der Waals surface area contributed by atoms with Gasteiger partial charge in [-0.05, 0) is 53.3 Å². The van der Waals surface area contributed by atoms with Gasteiger partial charge in [-0.2, -0.15) is 0 Å². The van der Waals surface area contributed by atoms with Crippen LogP contribution in [-0.4, -0.2) is 74.4 Å². The van der Waals surface area contributed by atoms with E-state index in [1.54, 1.807) is 41.4 Å². The molecular formula is C33H36N6O4. The van der Waals surface area contributed by atoms with Gasteiger partial charge in [-0.25, -0.2) is 0 Å². The van der Waals surface area contributed by atoms with E-state index < -0.39 is 12.2 Å². The molecule has 222 valence electrons. The van der Waals surface area contributed by atoms with Gasteiger partial charge in [0.2, 0.25) is 17.7 Å². The van der Waals surface area contributed by atoms with Crippen molar-refractivity contribution in [2.24, 2.45) is 0 Å². The zero-order valence-corrected chi connectivity index (χ0v) is 23.9. The molecule has 1 saturated heterocycles. The van der Waals surface area contributed by atoms with E-state index in [1.165, 1.54) is 4.90 Å². The molecule has 0 bridgehead atoms. The number of rotatable bonds is 12. The molecule has 2 aromatic carbocycles. The zero-order chi connectivity index (χ0) is 30.2. The average Bonchev–Trinajstić information content (AvgIpc) is 3.50. The van der Waals surface area contributed by atoms with E-state index in [9.17, 15) is 19.5 Å². The van der Waals surface area contributed by atoms with Crippen LogP contribution in [0.5, 0.6) is 5.75 Å². The van der Waals surface area contributed by atoms with Crippen molar-refractivity contribution in [1.29, 1.82) is 0 Å². The molecular weight excluding hydrogens is 544 g/mol. The second kappa shape index (κ2) is 13.8. The minimum absolute atomic E-state index is 0.0204. The molecule has 0 spiro atoms. The summed E-state index contributed by atoms with van der Waals surface area (Å²) in [7, 11) is 0. The molecule has 43 heavy (non-hydrogen) atoms. The standard InChI is InChI=1S/C33H36N6O4/c1-2-16-34-20-31(42)39-28(19-23-9-12-27(40)13-10-23)33(43)38(21-25-7-5-6-24-15-18-36-32(24)25)22-29(39)37-30(41)14-11-26-8-3-4-17-35-26/h2-10,12-13,15,17-18,28-29,34,36,40H,1,11,14,16,19-22H2,(H,37,41)/t28-,29+/m0/s1. The first-order valence-electron chi connectivity index (χ1n) is 14.4. The van der Waals surface area contributed by atoms with E-state index in [-0.39, 0.29) is 49.4 Å². The fraction of sp³-hybridized carbons (Fsp3) is 0.273. The summed E-state index contributed by atoms with van der Waals surface area (Å²) in [5.74, 6) is -0.650. The molecule has 4 N–H and O–H groups in total. The number of nitrogens with zero attached hydrogens (tertiary/aromatic N) is 3. The topological polar surface area (TPSA) is 131 Å². The Morgan fingerprint density at radius 1 is 1.09 bits per heavy atom. The van der Waals surface area contributed by atoms with Crippen molar-refractivity contribution in [3.8, 4) is 5.75 Å². The van der Waals surface area contributed by atoms with Crippen molar-refractivity contribution < 1.29 is 19.5 Å². The number of H-pyrrole nitrogens is 1. The summed E-state index contributed by atoms with van der Waals surface area (Å²) in [4.78, 5) is 51.9. The maximum absolute atomic E-state index is 14.2. The summed E-state index contributed by atoms with van der Waals surface area (Å²) in [6.07, 6.45) is 5.30. The van der Waals surface area contributed by atoms with Gasteiger partial charge in [0.25, 0.3) is 0 Å². The molecule has 1 aliphatic rings. The van der Waals surface area contributed by atoms with Gasteiger partial charge in [-0.3, -0.25) is 19.4 Å². The number of phenolic OH excluding ortho intramolecular Hbond substituents is 1. The van der Waals surface area contributed by atoms with Crippen LogP contribution in [0.2, 0.25) is 0 Å². The van der Waals surface area contributed by atoms with Crippen molar-refractivity contribution >= 4 is 28.6 Å². The molecule has 1 fully saturated rings. The van der Waals surface area contributed by atoms with Gasteiger partial charge in [0.15, 0.2) is 0 Å². The smallest absolute Gasteiger partial charge is 0.246 e. The molecule has 4 aromatic rings. The average molecular weight is 581 g/mol. The van der Waals surface area contributed by atoms with Gasteiger partial charge in [0.1, 0.15) is 18.0 Å². The molecule has 10 nitrogen and oxygen atoms in total. The second-order valence-electron chi connectivity index (χ2n) is 10.6. The number of para-hydroxylation sites is 1. The van der Waals surface area contributed by atoms with Crippen LogP contribution in [0.1, 0.15) is 23.2 Å². The number of hydrogen-bond acceptors (Lipinski definition) is 6. The van der Waals surface area contributed by atoms with Crippen molar-refractivity contribution in [2.75, 3.05) is 19.6 Å². The number of carbonyl (C=O) groups is 3. The number of aryl methyl sites for hydroxylation is 1. The lowest BCUT2D eigenvalue weighted by Gasteiger charge is -2.46. The molecule has 0 aliphatic carbocycles. The number of carbonyl (C=O) groups excluding carboxylic acids is 3. The summed E-state index contributed by atoms with van der Waals surface area (Å²) in [5, 5.41) is 16.9. The Kier molecular flexibility index (Phi) is 9.48. The highest BCUT2D eigenvalue weighted by molar-refractivity contribution is 5.91. The Hall–Kier alpha value is -4.96. The van der Waals surface area contributed by atoms with Crippen molar-refractivity contribution in [3.05, 3.63) is 109 Å². The predicted molar refractivity (Wildman–Crippen MR) is 164 cm³/mol. The van der Waals surface area contributed by atoms with Crippen molar-refractivity contribution in [1.82, 2.24) is 30.4 Å². The maximum atomic E-state index is 14.2. The van der Waals surface area contributed by atoms with E-state index in [2.05, 4.69) is 27.2 Å². The van der Waals surface area contributed by atoms with Gasteiger partial charge in [0, 0.05) is 44.0 Å². The predicted octanol–water partition coefficient (Wildman–Crippen LogP) is 2.90. The van der Waals surface area contributed by atoms with Crippen molar-refractivity contribution in [3.63, 3.8) is 0 Å². The number of pyridine rings is 1. The van der Waals surface area contributed by atoms with Gasteiger partial charge in [0.05, 0.1) is 18.6 Å². The number of amides is 3. The molecule has 0 saturated carbocycles. The first kappa shape index (κ1) is 29.5. The molecule has 3 amide bonds. The van der Waals surface area contributed by atoms with Crippen LogP contribution in [0, 0.1) is 0 Å². The van der Waals surface area contributed by atoms with E-state index in [0.29, 0.717) is 19.5 Å². The fourth-order valence-corrected chi connectivity index (χ4v) is 5.49. The third kappa shape index (κ3) is 7.28. The van der Waals surface area contributed by atoms with Crippen LogP contribution in [0.3, 0.4) is 0 Å². The highest BCUT2D eigenvalue weighted by Gasteiger charge is 2.43. The van der Waals surface area contributed by atoms with Crippen LogP contribution in [0.4, 0.5) is 0 Å². The number of aromatic hydroxyl groups is 1. The summed E-state index contributed by atoms with van der Waals surface area (Å²) in [5.41, 5.74) is 3.45. The van der Waals surface area contributed by atoms with Crippen LogP contribution in [0.15, 0.2) is 91.8 Å². The number of benzene rings is 2. The summed E-state index contributed by atoms with van der Waals surface area (Å²) in [6, 6.07) is 19.2. The summed E-state index contributed by atoms with van der Waals surface area (Å²) in [6.45, 7) is 4.53. The van der Waals surface area contributed by atoms with E-state index in [0.717, 1.165) is 27.7 Å². The quantitative estimate of drug-likeness (QED) is 0.151. The first-order valence-corrected chi connectivity index (χ1v) is 14.4. The summed E-state index contributed by atoms with van der Waals surface area (Å²) < 4.78 is 0. The van der Waals surface area contributed by atoms with Crippen LogP contribution >= 0.6 is 0 Å². The van der Waals surface area contributed by atoms with Gasteiger partial charge in [-0.1, -0.05) is 42.5 Å². The van der Waals surface area contributed by atoms with Crippen molar-refractivity contribution in [2.45, 2.75) is 38.0 Å². The Labute approximate surface area is 250 Å². The molecule has 5 rings (SSSR count). The molecule has 10 heteroatoms. The monoisotopic (exact) mass is 580 g/mol. The molecule has 1 aliphatic heterocycles. The lowest BCUT2D eigenvalue weighted by molar-refractivity contribution is -0.158. The third-order valence-electron chi connectivity index (χ3n) is 7.58. The Morgan fingerprint density at radius 3 is 2.70 bits per heavy atom. The normalized spacial score (nSPS) is 16.8. The van der Waals surface area contributed by atoms with Gasteiger partial charge in [-0.15, -0.1) is 6.58 Å². The molecule has 2 aromatic heterocycles. The number of nitrogens with one attached hydrogen (secondary N) is 3. The third-order valence-corrected chi connectivity index (χ3v) is 7.58. The minimum Gasteiger partial charge on any atom is -0.508 e. The van der Waals surface area contributed by atoms with E-state index in [4.69, 9.17) is 0 Å². The van der Waals surface area contributed by atoms with Gasteiger partial charge < -0.3 is 30.5 Å². The molecule has 0 unspecified atom stereocenters. The number of aromatic nitrogens is 2. The lowest BCUT2D eigenvalue weighted by atomic mass is 9.98. The number of aromatic amines is 1. The minimum atomic E-state index is -0.875. The van der Waals surface area contributed by atoms with Gasteiger partial charge >= 0.3 is 0 Å². The molecule has 2 atom stereocenters. The first-order chi connectivity index (χ1) is 20.9. The van der Waals surface area contributed by atoms with E-state index in [1.807, 2.05) is 48.7 Å². The number of fused-ring (bicyclic) bond motifs is 1. The number of piperazine rings is 1. The Balaban J connectivity index is 1.45. The lowest BCUT2D eigenvalue weighted by Crippen LogP contribution is -2.69. The Bertz CT molecular complexity index is 1570. The number of phenols is 1. The fourth-order valence-electron chi connectivity index (χ4n) is 5.49. The zero-order valence-electron chi connectivity index (χ0n) is 23.9. The second-order valence-corrected chi connectivity index (χ2v) is 10.6. The number of hydrogen-bond donors (Lipinski definition) is 4. The van der Waals surface area contributed by atoms with E-state index >= 15 is 0 Å². The van der Waals surface area contributed by atoms with Crippen LogP contribution in [0.25, 0.3) is 10.9 Å². The SMILES string of the molecule is C=CCNCC(=O)N1[C@@H](NC(=O)CCc2ccccn2)CN(Cc2cccc3cc[nH]c23)C(=O)[C@@H]1Cc1ccc(O)cc1. The molecule has 0 radical (unpaired) electrons. The Morgan fingerprint density at radius 2 is 1.93 bits per heavy atom.